The fourth-order valence-electron chi connectivity index (χ4n) is 3.25. The first-order valence-electron chi connectivity index (χ1n) is 9.22. The molecule has 2 amide bonds. The lowest BCUT2D eigenvalue weighted by Gasteiger charge is -2.15. The fraction of sp³-hybridized carbons (Fsp3) is 0.250. The van der Waals surface area contributed by atoms with Gasteiger partial charge < -0.3 is 15.2 Å². The fourth-order valence-corrected chi connectivity index (χ4v) is 3.25. The Kier molecular flexibility index (Phi) is 6.26. The largest absolute Gasteiger partial charge is 0.504 e. The van der Waals surface area contributed by atoms with Crippen LogP contribution in [0, 0.1) is 16.0 Å². The Hall–Kier alpha value is -3.95. The van der Waals surface area contributed by atoms with Crippen LogP contribution in [-0.4, -0.2) is 41.2 Å². The third-order valence-corrected chi connectivity index (χ3v) is 4.67. The second-order valence-corrected chi connectivity index (χ2v) is 6.55. The summed E-state index contributed by atoms with van der Waals surface area (Å²) in [5, 5.41) is 27.8. The summed E-state index contributed by atoms with van der Waals surface area (Å²) >= 11 is 0. The van der Waals surface area contributed by atoms with Crippen LogP contribution < -0.4 is 15.5 Å². The number of phenolic OH excluding ortho intramolecular Hbond substituents is 1. The molecule has 10 nitrogen and oxygen atoms in total. The molecule has 3 N–H and O–H groups in total. The monoisotopic (exact) mass is 412 g/mol. The molecule has 1 fully saturated rings. The van der Waals surface area contributed by atoms with Crippen molar-refractivity contribution in [3.05, 3.63) is 63.7 Å². The molecule has 0 unspecified atom stereocenters. The van der Waals surface area contributed by atoms with Gasteiger partial charge in [-0.2, -0.15) is 5.10 Å². The molecule has 1 aliphatic rings. The molecular weight excluding hydrogens is 392 g/mol. The number of hydrogen-bond donors (Lipinski definition) is 3. The topological polar surface area (TPSA) is 143 Å². The van der Waals surface area contributed by atoms with Crippen molar-refractivity contribution < 1.29 is 24.4 Å². The molecule has 1 heterocycles. The summed E-state index contributed by atoms with van der Waals surface area (Å²) in [6.07, 6.45) is 1.06. The minimum absolute atomic E-state index is 0.0107. The first-order valence-corrected chi connectivity index (χ1v) is 9.22. The van der Waals surface area contributed by atoms with Gasteiger partial charge in [0.05, 0.1) is 23.8 Å². The van der Waals surface area contributed by atoms with Crippen molar-refractivity contribution in [2.45, 2.75) is 12.8 Å². The highest BCUT2D eigenvalue weighted by molar-refractivity contribution is 6.03. The SMILES string of the molecule is CCOc1cc([N+](=O)[O-])cc(C=NNC(=O)[C@@H]2C(=O)NC[C@H]2c2ccccc2)c1O. The molecule has 3 rings (SSSR count). The van der Waals surface area contributed by atoms with Gasteiger partial charge in [-0.1, -0.05) is 30.3 Å². The number of hydrogen-bond acceptors (Lipinski definition) is 7. The minimum Gasteiger partial charge on any atom is -0.504 e. The first kappa shape index (κ1) is 20.8. The standard InChI is InChI=1S/C20H20N4O6/c1-2-30-16-9-14(24(28)29)8-13(18(16)25)10-22-23-20(27)17-15(11-21-19(17)26)12-6-4-3-5-7-12/h3-10,15,17,25H,2,11H2,1H3,(H,21,26)(H,23,27)/t15-,17-/m0/s1. The van der Waals surface area contributed by atoms with E-state index in [-0.39, 0.29) is 35.3 Å². The summed E-state index contributed by atoms with van der Waals surface area (Å²) in [5.74, 6) is -2.76. The van der Waals surface area contributed by atoms with Crippen molar-refractivity contribution in [1.82, 2.24) is 10.7 Å². The predicted molar refractivity (Wildman–Crippen MR) is 107 cm³/mol. The number of amides is 2. The van der Waals surface area contributed by atoms with Crippen molar-refractivity contribution in [3.8, 4) is 11.5 Å². The smallest absolute Gasteiger partial charge is 0.274 e. The Morgan fingerprint density at radius 1 is 1.40 bits per heavy atom. The van der Waals surface area contributed by atoms with E-state index in [1.807, 2.05) is 30.3 Å². The summed E-state index contributed by atoms with van der Waals surface area (Å²) in [4.78, 5) is 35.2. The summed E-state index contributed by atoms with van der Waals surface area (Å²) < 4.78 is 5.20. The van der Waals surface area contributed by atoms with E-state index in [1.165, 1.54) is 0 Å². The van der Waals surface area contributed by atoms with Gasteiger partial charge in [-0.3, -0.25) is 19.7 Å². The number of nitro benzene ring substituents is 1. The zero-order valence-electron chi connectivity index (χ0n) is 16.1. The second kappa shape index (κ2) is 9.03. The van der Waals surface area contributed by atoms with Crippen LogP contribution in [0.4, 0.5) is 5.69 Å². The molecule has 2 aromatic carbocycles. The zero-order chi connectivity index (χ0) is 21.7. The maximum absolute atomic E-state index is 12.6. The van der Waals surface area contributed by atoms with Gasteiger partial charge in [-0.25, -0.2) is 5.43 Å². The van der Waals surface area contributed by atoms with E-state index in [9.17, 15) is 24.8 Å². The summed E-state index contributed by atoms with van der Waals surface area (Å²) in [6, 6.07) is 11.4. The Morgan fingerprint density at radius 3 is 2.80 bits per heavy atom. The quantitative estimate of drug-likeness (QED) is 0.273. The van der Waals surface area contributed by atoms with Crippen LogP contribution in [-0.2, 0) is 9.59 Å². The highest BCUT2D eigenvalue weighted by atomic mass is 16.6. The number of rotatable bonds is 7. The van der Waals surface area contributed by atoms with Gasteiger partial charge in [0, 0.05) is 24.1 Å². The van der Waals surface area contributed by atoms with E-state index in [4.69, 9.17) is 4.74 Å². The van der Waals surface area contributed by atoms with Gasteiger partial charge in [0.1, 0.15) is 5.92 Å². The van der Waals surface area contributed by atoms with Crippen LogP contribution in [0.5, 0.6) is 11.5 Å². The molecule has 0 aromatic heterocycles. The molecule has 0 aliphatic carbocycles. The van der Waals surface area contributed by atoms with Crippen molar-refractivity contribution >= 4 is 23.7 Å². The number of ether oxygens (including phenoxy) is 1. The van der Waals surface area contributed by atoms with Gasteiger partial charge in [0.15, 0.2) is 11.5 Å². The number of nitrogens with zero attached hydrogens (tertiary/aromatic N) is 2. The zero-order valence-corrected chi connectivity index (χ0v) is 16.1. The number of aromatic hydroxyl groups is 1. The van der Waals surface area contributed by atoms with Gasteiger partial charge in [0.2, 0.25) is 5.91 Å². The van der Waals surface area contributed by atoms with E-state index in [1.54, 1.807) is 6.92 Å². The van der Waals surface area contributed by atoms with Gasteiger partial charge in [-0.15, -0.1) is 0 Å². The maximum atomic E-state index is 12.6. The molecule has 0 bridgehead atoms. The molecule has 156 valence electrons. The van der Waals surface area contributed by atoms with E-state index >= 15 is 0 Å². The van der Waals surface area contributed by atoms with Crippen LogP contribution in [0.1, 0.15) is 24.0 Å². The van der Waals surface area contributed by atoms with Crippen molar-refractivity contribution in [1.29, 1.82) is 0 Å². The van der Waals surface area contributed by atoms with Crippen molar-refractivity contribution in [2.75, 3.05) is 13.2 Å². The predicted octanol–water partition coefficient (Wildman–Crippen LogP) is 1.68. The Bertz CT molecular complexity index is 992. The molecule has 1 saturated heterocycles. The summed E-state index contributed by atoms with van der Waals surface area (Å²) in [6.45, 7) is 2.19. The summed E-state index contributed by atoms with van der Waals surface area (Å²) in [5.41, 5.74) is 2.81. The van der Waals surface area contributed by atoms with Gasteiger partial charge in [-0.05, 0) is 12.5 Å². The first-order chi connectivity index (χ1) is 14.4. The van der Waals surface area contributed by atoms with Crippen LogP contribution in [0.25, 0.3) is 0 Å². The number of phenols is 1. The Balaban J connectivity index is 1.78. The highest BCUT2D eigenvalue weighted by Crippen LogP contribution is 2.34. The van der Waals surface area contributed by atoms with E-state index in [0.29, 0.717) is 6.54 Å². The molecular formula is C20H20N4O6. The van der Waals surface area contributed by atoms with E-state index in [0.717, 1.165) is 23.9 Å². The molecule has 0 spiro atoms. The molecule has 0 radical (unpaired) electrons. The normalized spacial score (nSPS) is 18.2. The molecule has 1 aliphatic heterocycles. The number of nitrogens with one attached hydrogen (secondary N) is 2. The lowest BCUT2D eigenvalue weighted by molar-refractivity contribution is -0.385. The second-order valence-electron chi connectivity index (χ2n) is 6.55. The van der Waals surface area contributed by atoms with Crippen LogP contribution in [0.2, 0.25) is 0 Å². The van der Waals surface area contributed by atoms with Gasteiger partial charge in [0.25, 0.3) is 11.6 Å². The Labute approximate surface area is 171 Å². The minimum atomic E-state index is -0.970. The number of hydrazone groups is 1. The third-order valence-electron chi connectivity index (χ3n) is 4.67. The number of nitro groups is 1. The number of carbonyl (C=O) groups is 2. The van der Waals surface area contributed by atoms with E-state index < -0.39 is 22.7 Å². The lowest BCUT2D eigenvalue weighted by atomic mass is 9.88. The summed E-state index contributed by atoms with van der Waals surface area (Å²) in [7, 11) is 0. The van der Waals surface area contributed by atoms with Gasteiger partial charge >= 0.3 is 0 Å². The molecule has 30 heavy (non-hydrogen) atoms. The van der Waals surface area contributed by atoms with E-state index in [2.05, 4.69) is 15.8 Å². The average Bonchev–Trinajstić information content (AvgIpc) is 3.12. The maximum Gasteiger partial charge on any atom is 0.274 e. The molecule has 2 aromatic rings. The number of carbonyl (C=O) groups excluding carboxylic acids is 2. The third kappa shape index (κ3) is 4.37. The molecule has 10 heteroatoms. The molecule has 0 saturated carbocycles. The van der Waals surface area contributed by atoms with Crippen LogP contribution in [0.15, 0.2) is 47.6 Å². The lowest BCUT2D eigenvalue weighted by Crippen LogP contribution is -2.34. The average molecular weight is 412 g/mol. The number of benzene rings is 2. The van der Waals surface area contributed by atoms with Crippen LogP contribution in [0.3, 0.4) is 0 Å². The van der Waals surface area contributed by atoms with Crippen molar-refractivity contribution in [3.63, 3.8) is 0 Å². The number of non-ortho nitro benzene ring substituents is 1. The Morgan fingerprint density at radius 2 is 2.13 bits per heavy atom. The highest BCUT2D eigenvalue weighted by Gasteiger charge is 2.40. The van der Waals surface area contributed by atoms with Crippen molar-refractivity contribution in [2.24, 2.45) is 11.0 Å². The molecule has 2 atom stereocenters. The van der Waals surface area contributed by atoms with Crippen LogP contribution >= 0.6 is 0 Å².